The number of rotatable bonds is 3. The molecule has 0 aliphatic carbocycles. The van der Waals surface area contributed by atoms with Gasteiger partial charge in [-0.1, -0.05) is 19.1 Å². The molecule has 1 fully saturated rings. The standard InChI is InChI=1S/C14H18N2O4/c1-9-7-16(8-10(9)13(17)18)14(19)15-11-5-3-4-6-12(11)20-2/h3-6,9-10H,7-8H2,1-2H3,(H,15,19)(H,17,18). The van der Waals surface area contributed by atoms with Crippen LogP contribution in [0.15, 0.2) is 24.3 Å². The summed E-state index contributed by atoms with van der Waals surface area (Å²) < 4.78 is 5.16. The van der Waals surface area contributed by atoms with E-state index in [4.69, 9.17) is 9.84 Å². The number of amides is 2. The van der Waals surface area contributed by atoms with Crippen molar-refractivity contribution in [2.24, 2.45) is 11.8 Å². The lowest BCUT2D eigenvalue weighted by Gasteiger charge is -2.18. The number of hydrogen-bond acceptors (Lipinski definition) is 3. The summed E-state index contributed by atoms with van der Waals surface area (Å²) in [7, 11) is 1.53. The summed E-state index contributed by atoms with van der Waals surface area (Å²) in [5, 5.41) is 11.8. The largest absolute Gasteiger partial charge is 0.495 e. The Morgan fingerprint density at radius 2 is 2.05 bits per heavy atom. The van der Waals surface area contributed by atoms with Crippen LogP contribution in [0.5, 0.6) is 5.75 Å². The summed E-state index contributed by atoms with van der Waals surface area (Å²) in [5.74, 6) is -0.831. The molecule has 0 radical (unpaired) electrons. The second-order valence-corrected chi connectivity index (χ2v) is 4.96. The van der Waals surface area contributed by atoms with Gasteiger partial charge in [-0.2, -0.15) is 0 Å². The van der Waals surface area contributed by atoms with E-state index in [1.54, 1.807) is 18.2 Å². The van der Waals surface area contributed by atoms with Crippen molar-refractivity contribution >= 4 is 17.7 Å². The first-order valence-electron chi connectivity index (χ1n) is 6.44. The first-order valence-corrected chi connectivity index (χ1v) is 6.44. The molecule has 20 heavy (non-hydrogen) atoms. The fourth-order valence-corrected chi connectivity index (χ4v) is 2.40. The summed E-state index contributed by atoms with van der Waals surface area (Å²) in [4.78, 5) is 24.7. The number of benzene rings is 1. The monoisotopic (exact) mass is 278 g/mol. The minimum atomic E-state index is -0.856. The Hall–Kier alpha value is -2.24. The average Bonchev–Trinajstić information content (AvgIpc) is 2.81. The number of nitrogens with zero attached hydrogens (tertiary/aromatic N) is 1. The van der Waals surface area contributed by atoms with E-state index in [1.165, 1.54) is 12.0 Å². The molecule has 6 nitrogen and oxygen atoms in total. The molecule has 1 heterocycles. The second kappa shape index (κ2) is 5.81. The number of likely N-dealkylation sites (tertiary alicyclic amines) is 1. The van der Waals surface area contributed by atoms with E-state index in [0.717, 1.165) is 0 Å². The molecule has 2 N–H and O–H groups in total. The SMILES string of the molecule is COc1ccccc1NC(=O)N1CC(C)C(C(=O)O)C1. The van der Waals surface area contributed by atoms with Gasteiger partial charge in [0, 0.05) is 13.1 Å². The molecule has 1 aromatic rings. The molecular formula is C14H18N2O4. The molecule has 108 valence electrons. The molecule has 2 unspecified atom stereocenters. The number of carboxylic acid groups (broad SMARTS) is 1. The van der Waals surface area contributed by atoms with Crippen LogP contribution in [-0.4, -0.2) is 42.2 Å². The highest BCUT2D eigenvalue weighted by atomic mass is 16.5. The van der Waals surface area contributed by atoms with E-state index in [1.807, 2.05) is 13.0 Å². The third kappa shape index (κ3) is 2.84. The zero-order chi connectivity index (χ0) is 14.7. The smallest absolute Gasteiger partial charge is 0.321 e. The number of hydrogen-bond donors (Lipinski definition) is 2. The van der Waals surface area contributed by atoms with E-state index in [0.29, 0.717) is 18.0 Å². The van der Waals surface area contributed by atoms with Crippen molar-refractivity contribution in [3.63, 3.8) is 0 Å². The van der Waals surface area contributed by atoms with Gasteiger partial charge in [0.2, 0.25) is 0 Å². The van der Waals surface area contributed by atoms with Crippen molar-refractivity contribution in [2.45, 2.75) is 6.92 Å². The highest BCUT2D eigenvalue weighted by Gasteiger charge is 2.37. The number of para-hydroxylation sites is 2. The van der Waals surface area contributed by atoms with Gasteiger partial charge in [-0.15, -0.1) is 0 Å². The van der Waals surface area contributed by atoms with Gasteiger partial charge in [0.1, 0.15) is 5.75 Å². The van der Waals surface area contributed by atoms with Crippen molar-refractivity contribution in [1.29, 1.82) is 0 Å². The molecule has 2 rings (SSSR count). The third-order valence-electron chi connectivity index (χ3n) is 3.57. The van der Waals surface area contributed by atoms with Crippen LogP contribution in [0.4, 0.5) is 10.5 Å². The molecule has 0 saturated carbocycles. The molecule has 2 amide bonds. The van der Waals surface area contributed by atoms with Crippen molar-refractivity contribution < 1.29 is 19.4 Å². The van der Waals surface area contributed by atoms with Crippen LogP contribution in [0.1, 0.15) is 6.92 Å². The van der Waals surface area contributed by atoms with Crippen molar-refractivity contribution in [1.82, 2.24) is 4.90 Å². The Morgan fingerprint density at radius 1 is 1.35 bits per heavy atom. The first kappa shape index (κ1) is 14.2. The molecule has 6 heteroatoms. The van der Waals surface area contributed by atoms with Crippen LogP contribution in [0.25, 0.3) is 0 Å². The molecular weight excluding hydrogens is 260 g/mol. The second-order valence-electron chi connectivity index (χ2n) is 4.96. The molecule has 0 bridgehead atoms. The Balaban J connectivity index is 2.04. The summed E-state index contributed by atoms with van der Waals surface area (Å²) in [5.41, 5.74) is 0.575. The molecule has 1 aliphatic heterocycles. The minimum absolute atomic E-state index is 0.0454. The maximum Gasteiger partial charge on any atom is 0.321 e. The fraction of sp³-hybridized carbons (Fsp3) is 0.429. The lowest BCUT2D eigenvalue weighted by Crippen LogP contribution is -2.33. The average molecular weight is 278 g/mol. The van der Waals surface area contributed by atoms with Crippen LogP contribution in [0.2, 0.25) is 0 Å². The van der Waals surface area contributed by atoms with Gasteiger partial charge in [-0.3, -0.25) is 4.79 Å². The third-order valence-corrected chi connectivity index (χ3v) is 3.57. The Kier molecular flexibility index (Phi) is 4.12. The molecule has 0 aromatic heterocycles. The van der Waals surface area contributed by atoms with Gasteiger partial charge in [-0.25, -0.2) is 4.79 Å². The van der Waals surface area contributed by atoms with E-state index >= 15 is 0 Å². The lowest BCUT2D eigenvalue weighted by molar-refractivity contribution is -0.142. The highest BCUT2D eigenvalue weighted by molar-refractivity contribution is 5.91. The molecule has 1 aromatic carbocycles. The predicted molar refractivity (Wildman–Crippen MR) is 73.9 cm³/mol. The number of urea groups is 1. The fourth-order valence-electron chi connectivity index (χ4n) is 2.40. The van der Waals surface area contributed by atoms with Crippen LogP contribution in [0, 0.1) is 11.8 Å². The first-order chi connectivity index (χ1) is 9.52. The minimum Gasteiger partial charge on any atom is -0.495 e. The molecule has 1 saturated heterocycles. The molecule has 1 aliphatic rings. The van der Waals surface area contributed by atoms with Gasteiger partial charge < -0.3 is 20.1 Å². The maximum atomic E-state index is 12.2. The zero-order valence-electron chi connectivity index (χ0n) is 11.5. The molecule has 0 spiro atoms. The van der Waals surface area contributed by atoms with Gasteiger partial charge in [0.25, 0.3) is 0 Å². The number of carbonyl (C=O) groups is 2. The van der Waals surface area contributed by atoms with Crippen LogP contribution in [0.3, 0.4) is 0 Å². The summed E-state index contributed by atoms with van der Waals surface area (Å²) in [6.07, 6.45) is 0. The number of carbonyl (C=O) groups excluding carboxylic acids is 1. The van der Waals surface area contributed by atoms with Gasteiger partial charge in [0.15, 0.2) is 0 Å². The van der Waals surface area contributed by atoms with Crippen LogP contribution < -0.4 is 10.1 Å². The Morgan fingerprint density at radius 3 is 2.65 bits per heavy atom. The quantitative estimate of drug-likeness (QED) is 0.884. The number of anilines is 1. The summed E-state index contributed by atoms with van der Waals surface area (Å²) in [6, 6.07) is 6.80. The van der Waals surface area contributed by atoms with Gasteiger partial charge in [-0.05, 0) is 18.1 Å². The van der Waals surface area contributed by atoms with E-state index in [9.17, 15) is 9.59 Å². The topological polar surface area (TPSA) is 78.9 Å². The van der Waals surface area contributed by atoms with Crippen molar-refractivity contribution in [3.05, 3.63) is 24.3 Å². The number of carboxylic acids is 1. The van der Waals surface area contributed by atoms with E-state index in [2.05, 4.69) is 5.32 Å². The van der Waals surface area contributed by atoms with E-state index in [-0.39, 0.29) is 18.5 Å². The lowest BCUT2D eigenvalue weighted by atomic mass is 9.99. The number of ether oxygens (including phenoxy) is 1. The number of aliphatic carboxylic acids is 1. The van der Waals surface area contributed by atoms with Crippen molar-refractivity contribution in [3.8, 4) is 5.75 Å². The van der Waals surface area contributed by atoms with Crippen molar-refractivity contribution in [2.75, 3.05) is 25.5 Å². The molecule has 2 atom stereocenters. The van der Waals surface area contributed by atoms with Crippen LogP contribution in [-0.2, 0) is 4.79 Å². The zero-order valence-corrected chi connectivity index (χ0v) is 11.5. The van der Waals surface area contributed by atoms with Gasteiger partial charge >= 0.3 is 12.0 Å². The van der Waals surface area contributed by atoms with E-state index < -0.39 is 11.9 Å². The summed E-state index contributed by atoms with van der Waals surface area (Å²) >= 11 is 0. The highest BCUT2D eigenvalue weighted by Crippen LogP contribution is 2.26. The normalized spacial score (nSPS) is 21.6. The maximum absolute atomic E-state index is 12.2. The number of methoxy groups -OCH3 is 1. The Labute approximate surface area is 117 Å². The number of nitrogens with one attached hydrogen (secondary N) is 1. The Bertz CT molecular complexity index is 518. The predicted octanol–water partition coefficient (Wildman–Crippen LogP) is 1.88. The van der Waals surface area contributed by atoms with Crippen LogP contribution >= 0.6 is 0 Å². The summed E-state index contributed by atoms with van der Waals surface area (Å²) in [6.45, 7) is 2.52. The van der Waals surface area contributed by atoms with Gasteiger partial charge in [0.05, 0.1) is 18.7 Å².